The molecule has 2 fully saturated rings. The van der Waals surface area contributed by atoms with Crippen molar-refractivity contribution >= 4 is 22.8 Å². The number of carbonyl (C=O) groups is 1. The summed E-state index contributed by atoms with van der Waals surface area (Å²) in [6.45, 7) is 3.69. The van der Waals surface area contributed by atoms with Crippen LogP contribution >= 0.6 is 0 Å². The highest BCUT2D eigenvalue weighted by Crippen LogP contribution is 2.25. The number of benzene rings is 2. The van der Waals surface area contributed by atoms with Gasteiger partial charge in [0.2, 0.25) is 5.91 Å². The summed E-state index contributed by atoms with van der Waals surface area (Å²) < 4.78 is 1.83. The van der Waals surface area contributed by atoms with Crippen LogP contribution in [0, 0.1) is 5.92 Å². The first kappa shape index (κ1) is 19.8. The van der Waals surface area contributed by atoms with Crippen LogP contribution in [-0.2, 0) is 11.3 Å². The van der Waals surface area contributed by atoms with Crippen molar-refractivity contribution in [2.75, 3.05) is 31.1 Å². The molecule has 0 aliphatic carbocycles. The molecule has 6 heteroatoms. The van der Waals surface area contributed by atoms with Crippen LogP contribution in [-0.4, -0.2) is 46.5 Å². The second kappa shape index (κ2) is 8.53. The van der Waals surface area contributed by atoms with Crippen molar-refractivity contribution < 1.29 is 4.79 Å². The molecule has 3 heterocycles. The Bertz CT molecular complexity index is 1130. The Morgan fingerprint density at radius 2 is 1.58 bits per heavy atom. The SMILES string of the molecule is O=C(C1CCN(c2nc3ccccc3n(Cc3ccccc3)c2=O)CC1)N1CCCC1. The van der Waals surface area contributed by atoms with Crippen molar-refractivity contribution in [2.24, 2.45) is 5.92 Å². The molecule has 0 unspecified atom stereocenters. The number of rotatable bonds is 4. The van der Waals surface area contributed by atoms with E-state index in [-0.39, 0.29) is 11.5 Å². The van der Waals surface area contributed by atoms with E-state index in [1.807, 2.05) is 64.1 Å². The van der Waals surface area contributed by atoms with Gasteiger partial charge < -0.3 is 9.80 Å². The summed E-state index contributed by atoms with van der Waals surface area (Å²) in [5, 5.41) is 0. The smallest absolute Gasteiger partial charge is 0.294 e. The Hall–Kier alpha value is -3.15. The van der Waals surface area contributed by atoms with Crippen molar-refractivity contribution in [3.8, 4) is 0 Å². The number of hydrogen-bond acceptors (Lipinski definition) is 4. The first-order valence-corrected chi connectivity index (χ1v) is 11.3. The highest BCUT2D eigenvalue weighted by molar-refractivity contribution is 5.79. The van der Waals surface area contributed by atoms with E-state index in [4.69, 9.17) is 4.98 Å². The predicted octanol–water partition coefficient (Wildman–Crippen LogP) is 3.28. The van der Waals surface area contributed by atoms with E-state index in [9.17, 15) is 9.59 Å². The monoisotopic (exact) mass is 416 g/mol. The van der Waals surface area contributed by atoms with E-state index in [1.54, 1.807) is 0 Å². The summed E-state index contributed by atoms with van der Waals surface area (Å²) in [5.74, 6) is 0.869. The molecule has 2 aliphatic heterocycles. The molecular formula is C25H28N4O2. The van der Waals surface area contributed by atoms with E-state index < -0.39 is 0 Å². The maximum Gasteiger partial charge on any atom is 0.294 e. The van der Waals surface area contributed by atoms with Crippen LogP contribution in [0.5, 0.6) is 0 Å². The fourth-order valence-electron chi connectivity index (χ4n) is 4.84. The van der Waals surface area contributed by atoms with Crippen LogP contribution in [0.1, 0.15) is 31.2 Å². The van der Waals surface area contributed by atoms with Gasteiger partial charge in [-0.05, 0) is 43.4 Å². The van der Waals surface area contributed by atoms with Gasteiger partial charge in [0.1, 0.15) is 0 Å². The predicted molar refractivity (Wildman–Crippen MR) is 122 cm³/mol. The van der Waals surface area contributed by atoms with Gasteiger partial charge in [0.25, 0.3) is 5.56 Å². The van der Waals surface area contributed by atoms with Crippen LogP contribution in [0.25, 0.3) is 11.0 Å². The quantitative estimate of drug-likeness (QED) is 0.655. The zero-order chi connectivity index (χ0) is 21.2. The Labute approximate surface area is 182 Å². The van der Waals surface area contributed by atoms with Gasteiger partial charge in [-0.25, -0.2) is 4.98 Å². The number of anilines is 1. The summed E-state index contributed by atoms with van der Waals surface area (Å²) in [6.07, 6.45) is 3.79. The van der Waals surface area contributed by atoms with Gasteiger partial charge in [-0.2, -0.15) is 0 Å². The lowest BCUT2D eigenvalue weighted by Gasteiger charge is -2.33. The third kappa shape index (κ3) is 3.94. The number of hydrogen-bond donors (Lipinski definition) is 0. The van der Waals surface area contributed by atoms with Gasteiger partial charge >= 0.3 is 0 Å². The van der Waals surface area contributed by atoms with E-state index >= 15 is 0 Å². The number of para-hydroxylation sites is 2. The minimum Gasteiger partial charge on any atom is -0.352 e. The number of amides is 1. The number of fused-ring (bicyclic) bond motifs is 1. The third-order valence-electron chi connectivity index (χ3n) is 6.58. The molecule has 2 aromatic carbocycles. The van der Waals surface area contributed by atoms with Gasteiger partial charge in [-0.3, -0.25) is 14.2 Å². The molecule has 1 amide bonds. The molecule has 2 aliphatic rings. The van der Waals surface area contributed by atoms with Gasteiger partial charge in [-0.1, -0.05) is 42.5 Å². The average Bonchev–Trinajstić information content (AvgIpc) is 3.36. The summed E-state index contributed by atoms with van der Waals surface area (Å²) in [7, 11) is 0. The van der Waals surface area contributed by atoms with Crippen molar-refractivity contribution in [3.05, 3.63) is 70.5 Å². The van der Waals surface area contributed by atoms with Gasteiger partial charge in [0.05, 0.1) is 17.6 Å². The molecule has 160 valence electrons. The maximum absolute atomic E-state index is 13.5. The summed E-state index contributed by atoms with van der Waals surface area (Å²) >= 11 is 0. The molecule has 2 saturated heterocycles. The van der Waals surface area contributed by atoms with E-state index in [0.29, 0.717) is 31.4 Å². The number of aromatic nitrogens is 2. The topological polar surface area (TPSA) is 58.4 Å². The van der Waals surface area contributed by atoms with Crippen molar-refractivity contribution in [1.29, 1.82) is 0 Å². The highest BCUT2D eigenvalue weighted by atomic mass is 16.2. The normalized spacial score (nSPS) is 17.4. The van der Waals surface area contributed by atoms with E-state index in [2.05, 4.69) is 4.90 Å². The van der Waals surface area contributed by atoms with Crippen LogP contribution in [0.15, 0.2) is 59.4 Å². The molecule has 0 spiro atoms. The fraction of sp³-hybridized carbons (Fsp3) is 0.400. The zero-order valence-corrected chi connectivity index (χ0v) is 17.7. The van der Waals surface area contributed by atoms with Crippen LogP contribution in [0.2, 0.25) is 0 Å². The van der Waals surface area contributed by atoms with E-state index in [1.165, 1.54) is 0 Å². The Morgan fingerprint density at radius 3 is 2.32 bits per heavy atom. The van der Waals surface area contributed by atoms with E-state index in [0.717, 1.165) is 55.4 Å². The zero-order valence-electron chi connectivity index (χ0n) is 17.7. The molecule has 0 atom stereocenters. The molecule has 1 aromatic heterocycles. The fourth-order valence-corrected chi connectivity index (χ4v) is 4.84. The molecule has 3 aromatic rings. The van der Waals surface area contributed by atoms with Crippen molar-refractivity contribution in [3.63, 3.8) is 0 Å². The molecule has 6 nitrogen and oxygen atoms in total. The third-order valence-corrected chi connectivity index (χ3v) is 6.58. The van der Waals surface area contributed by atoms with Gasteiger partial charge in [-0.15, -0.1) is 0 Å². The Kier molecular flexibility index (Phi) is 5.45. The molecular weight excluding hydrogens is 388 g/mol. The summed E-state index contributed by atoms with van der Waals surface area (Å²) in [6, 6.07) is 17.9. The maximum atomic E-state index is 13.5. The number of piperidine rings is 1. The lowest BCUT2D eigenvalue weighted by atomic mass is 9.95. The minimum absolute atomic E-state index is 0.0631. The Balaban J connectivity index is 1.42. The van der Waals surface area contributed by atoms with Gasteiger partial charge in [0.15, 0.2) is 5.82 Å². The second-order valence-electron chi connectivity index (χ2n) is 8.59. The van der Waals surface area contributed by atoms with Crippen LogP contribution in [0.3, 0.4) is 0 Å². The first-order chi connectivity index (χ1) is 15.2. The standard InChI is InChI=1S/C25H28N4O2/c30-24(28-14-6-7-15-28)20-12-16-27(17-13-20)23-25(31)29(18-19-8-2-1-3-9-19)22-11-5-4-10-21(22)26-23/h1-5,8-11,20H,6-7,12-18H2. The summed E-state index contributed by atoms with van der Waals surface area (Å²) in [5.41, 5.74) is 2.69. The van der Waals surface area contributed by atoms with Crippen LogP contribution < -0.4 is 10.5 Å². The number of likely N-dealkylation sites (tertiary alicyclic amines) is 1. The van der Waals surface area contributed by atoms with Gasteiger partial charge in [0, 0.05) is 32.1 Å². The molecule has 0 bridgehead atoms. The van der Waals surface area contributed by atoms with Crippen molar-refractivity contribution in [2.45, 2.75) is 32.2 Å². The first-order valence-electron chi connectivity index (χ1n) is 11.3. The largest absolute Gasteiger partial charge is 0.352 e. The number of carbonyl (C=O) groups excluding carboxylic acids is 1. The molecule has 5 rings (SSSR count). The molecule has 0 N–H and O–H groups in total. The lowest BCUT2D eigenvalue weighted by Crippen LogP contribution is -2.44. The second-order valence-corrected chi connectivity index (χ2v) is 8.59. The Morgan fingerprint density at radius 1 is 0.903 bits per heavy atom. The molecule has 0 radical (unpaired) electrons. The molecule has 0 saturated carbocycles. The average molecular weight is 417 g/mol. The summed E-state index contributed by atoms with van der Waals surface area (Å²) in [4.78, 5) is 35.1. The minimum atomic E-state index is -0.0631. The lowest BCUT2D eigenvalue weighted by molar-refractivity contribution is -0.135. The number of nitrogens with zero attached hydrogens (tertiary/aromatic N) is 4. The van der Waals surface area contributed by atoms with Crippen molar-refractivity contribution in [1.82, 2.24) is 14.5 Å². The molecule has 31 heavy (non-hydrogen) atoms. The van der Waals surface area contributed by atoms with Crippen LogP contribution in [0.4, 0.5) is 5.82 Å². The highest BCUT2D eigenvalue weighted by Gasteiger charge is 2.31.